The lowest BCUT2D eigenvalue weighted by Crippen LogP contribution is -1.96. The van der Waals surface area contributed by atoms with Crippen molar-refractivity contribution >= 4 is 27.2 Å². The van der Waals surface area contributed by atoms with E-state index in [2.05, 4.69) is 13.8 Å². The maximum absolute atomic E-state index is 6.54. The van der Waals surface area contributed by atoms with Gasteiger partial charge in [-0.2, -0.15) is 0 Å². The normalized spacial score (nSPS) is 11.3. The zero-order valence-electron chi connectivity index (χ0n) is 15.6. The molecule has 4 aromatic rings. The lowest BCUT2D eigenvalue weighted by atomic mass is 10.0. The summed E-state index contributed by atoms with van der Waals surface area (Å²) in [7, 11) is 1.67. The van der Waals surface area contributed by atoms with Crippen LogP contribution in [0.25, 0.3) is 32.9 Å². The monoisotopic (exact) mass is 375 g/mol. The average Bonchev–Trinajstić information content (AvgIpc) is 3.05. The second-order valence-corrected chi connectivity index (χ2v) is 7.74. The zero-order valence-corrected chi connectivity index (χ0v) is 16.4. The van der Waals surface area contributed by atoms with Crippen molar-refractivity contribution in [1.82, 2.24) is 9.97 Å². The molecule has 2 heterocycles. The van der Waals surface area contributed by atoms with Gasteiger partial charge >= 0.3 is 0 Å². The topological polar surface area (TPSA) is 61.0 Å². The van der Waals surface area contributed by atoms with Crippen molar-refractivity contribution in [2.45, 2.75) is 19.8 Å². The van der Waals surface area contributed by atoms with Gasteiger partial charge < -0.3 is 10.5 Å². The standard InChI is InChI=1S/C22H21N3OS/c1-13(2)20-18(23)17-19(15-10-7-11-16(12-15)26-3)24-21(25-22(17)27-20)14-8-5-4-6-9-14/h4-13H,23H2,1-3H3. The molecular weight excluding hydrogens is 354 g/mol. The summed E-state index contributed by atoms with van der Waals surface area (Å²) < 4.78 is 5.40. The highest BCUT2D eigenvalue weighted by Crippen LogP contribution is 2.42. The quantitative estimate of drug-likeness (QED) is 0.494. The summed E-state index contributed by atoms with van der Waals surface area (Å²) in [6, 6.07) is 18.0. The summed E-state index contributed by atoms with van der Waals surface area (Å²) in [6.45, 7) is 4.30. The Morgan fingerprint density at radius 2 is 1.70 bits per heavy atom. The number of thiophene rings is 1. The van der Waals surface area contributed by atoms with Crippen LogP contribution in [-0.4, -0.2) is 17.1 Å². The number of rotatable bonds is 4. The number of ether oxygens (including phenoxy) is 1. The van der Waals surface area contributed by atoms with Crippen LogP contribution in [0.1, 0.15) is 24.6 Å². The lowest BCUT2D eigenvalue weighted by molar-refractivity contribution is 0.415. The maximum atomic E-state index is 6.54. The van der Waals surface area contributed by atoms with Gasteiger partial charge in [0.15, 0.2) is 5.82 Å². The van der Waals surface area contributed by atoms with Crippen LogP contribution in [-0.2, 0) is 0 Å². The van der Waals surface area contributed by atoms with E-state index in [0.29, 0.717) is 11.7 Å². The summed E-state index contributed by atoms with van der Waals surface area (Å²) in [5, 5.41) is 0.927. The Morgan fingerprint density at radius 1 is 0.963 bits per heavy atom. The van der Waals surface area contributed by atoms with E-state index in [9.17, 15) is 0 Å². The van der Waals surface area contributed by atoms with Crippen molar-refractivity contribution in [3.63, 3.8) is 0 Å². The first-order valence-electron chi connectivity index (χ1n) is 8.88. The highest BCUT2D eigenvalue weighted by Gasteiger charge is 2.20. The minimum atomic E-state index is 0.336. The Hall–Kier alpha value is -2.92. The predicted molar refractivity (Wildman–Crippen MR) is 113 cm³/mol. The van der Waals surface area contributed by atoms with Crippen molar-refractivity contribution in [3.05, 3.63) is 59.5 Å². The molecule has 0 saturated carbocycles. The molecular formula is C22H21N3OS. The van der Waals surface area contributed by atoms with Crippen LogP contribution in [0.15, 0.2) is 54.6 Å². The van der Waals surface area contributed by atoms with Gasteiger partial charge in [0.1, 0.15) is 10.6 Å². The largest absolute Gasteiger partial charge is 0.497 e. The van der Waals surface area contributed by atoms with Gasteiger partial charge in [-0.05, 0) is 18.1 Å². The van der Waals surface area contributed by atoms with Crippen molar-refractivity contribution in [3.8, 4) is 28.4 Å². The molecule has 0 radical (unpaired) electrons. The molecule has 0 aliphatic rings. The van der Waals surface area contributed by atoms with Gasteiger partial charge in [-0.15, -0.1) is 11.3 Å². The summed E-state index contributed by atoms with van der Waals surface area (Å²) in [5.41, 5.74) is 10.1. The van der Waals surface area contributed by atoms with Crippen LogP contribution < -0.4 is 10.5 Å². The highest BCUT2D eigenvalue weighted by molar-refractivity contribution is 7.19. The van der Waals surface area contributed by atoms with Crippen LogP contribution >= 0.6 is 11.3 Å². The lowest BCUT2D eigenvalue weighted by Gasteiger charge is -2.09. The molecule has 2 N–H and O–H groups in total. The number of benzene rings is 2. The summed E-state index contributed by atoms with van der Waals surface area (Å²) in [5.74, 6) is 1.83. The second-order valence-electron chi connectivity index (χ2n) is 6.71. The predicted octanol–water partition coefficient (Wildman–Crippen LogP) is 5.74. The Bertz CT molecular complexity index is 1100. The zero-order chi connectivity index (χ0) is 19.0. The summed E-state index contributed by atoms with van der Waals surface area (Å²) >= 11 is 1.65. The van der Waals surface area contributed by atoms with E-state index in [1.54, 1.807) is 18.4 Å². The first-order chi connectivity index (χ1) is 13.1. The van der Waals surface area contributed by atoms with Gasteiger partial charge in [0.2, 0.25) is 0 Å². The van der Waals surface area contributed by atoms with Crippen LogP contribution in [0.2, 0.25) is 0 Å². The molecule has 2 aromatic carbocycles. The number of anilines is 1. The third-order valence-corrected chi connectivity index (χ3v) is 5.92. The van der Waals surface area contributed by atoms with Gasteiger partial charge in [-0.25, -0.2) is 9.97 Å². The highest BCUT2D eigenvalue weighted by atomic mass is 32.1. The van der Waals surface area contributed by atoms with Crippen molar-refractivity contribution in [1.29, 1.82) is 0 Å². The van der Waals surface area contributed by atoms with Crippen LogP contribution in [0.5, 0.6) is 5.75 Å². The molecule has 0 bridgehead atoms. The van der Waals surface area contributed by atoms with Crippen molar-refractivity contribution in [2.75, 3.05) is 12.8 Å². The number of nitrogens with two attached hydrogens (primary N) is 1. The van der Waals surface area contributed by atoms with E-state index in [-0.39, 0.29) is 0 Å². The molecule has 0 aliphatic heterocycles. The second kappa shape index (κ2) is 7.00. The molecule has 4 rings (SSSR count). The van der Waals surface area contributed by atoms with Gasteiger partial charge in [0.05, 0.1) is 23.9 Å². The van der Waals surface area contributed by atoms with Crippen LogP contribution in [0.4, 0.5) is 5.69 Å². The SMILES string of the molecule is COc1cccc(-c2nc(-c3ccccc3)nc3sc(C(C)C)c(N)c23)c1. The summed E-state index contributed by atoms with van der Waals surface area (Å²) in [4.78, 5) is 11.8. The van der Waals surface area contributed by atoms with Crippen LogP contribution in [0, 0.1) is 0 Å². The van der Waals surface area contributed by atoms with E-state index in [1.165, 1.54) is 0 Å². The molecule has 2 aromatic heterocycles. The Morgan fingerprint density at radius 3 is 2.41 bits per heavy atom. The molecule has 0 atom stereocenters. The fourth-order valence-corrected chi connectivity index (χ4v) is 4.26. The number of hydrogen-bond acceptors (Lipinski definition) is 5. The number of fused-ring (bicyclic) bond motifs is 1. The van der Waals surface area contributed by atoms with E-state index in [4.69, 9.17) is 20.4 Å². The average molecular weight is 375 g/mol. The molecule has 136 valence electrons. The van der Waals surface area contributed by atoms with Gasteiger partial charge in [-0.3, -0.25) is 0 Å². The minimum Gasteiger partial charge on any atom is -0.497 e. The van der Waals surface area contributed by atoms with E-state index in [0.717, 1.165) is 43.4 Å². The Balaban J connectivity index is 2.04. The molecule has 0 saturated heterocycles. The first-order valence-corrected chi connectivity index (χ1v) is 9.70. The van der Waals surface area contributed by atoms with E-state index < -0.39 is 0 Å². The van der Waals surface area contributed by atoms with Gasteiger partial charge in [0, 0.05) is 16.0 Å². The minimum absolute atomic E-state index is 0.336. The third-order valence-electron chi connectivity index (χ3n) is 4.52. The number of hydrogen-bond donors (Lipinski definition) is 1. The Kier molecular flexibility index (Phi) is 4.54. The number of nitrogens with zero attached hydrogens (tertiary/aromatic N) is 2. The third kappa shape index (κ3) is 3.15. The number of nitrogen functional groups attached to an aromatic ring is 1. The fourth-order valence-electron chi connectivity index (χ4n) is 3.16. The van der Waals surface area contributed by atoms with Crippen LogP contribution in [0.3, 0.4) is 0 Å². The van der Waals surface area contributed by atoms with Gasteiger partial charge in [-0.1, -0.05) is 56.3 Å². The molecule has 5 heteroatoms. The van der Waals surface area contributed by atoms with Gasteiger partial charge in [0.25, 0.3) is 0 Å². The van der Waals surface area contributed by atoms with Crippen molar-refractivity contribution in [2.24, 2.45) is 0 Å². The smallest absolute Gasteiger partial charge is 0.161 e. The Labute approximate surface area is 162 Å². The molecule has 0 fully saturated rings. The molecule has 4 nitrogen and oxygen atoms in total. The molecule has 27 heavy (non-hydrogen) atoms. The fraction of sp³-hybridized carbons (Fsp3) is 0.182. The number of aromatic nitrogens is 2. The first kappa shape index (κ1) is 17.5. The maximum Gasteiger partial charge on any atom is 0.161 e. The molecule has 0 unspecified atom stereocenters. The molecule has 0 aliphatic carbocycles. The molecule has 0 amide bonds. The summed E-state index contributed by atoms with van der Waals surface area (Å²) in [6.07, 6.45) is 0. The molecule has 0 spiro atoms. The van der Waals surface area contributed by atoms with E-state index in [1.807, 2.05) is 54.6 Å². The number of methoxy groups -OCH3 is 1. The van der Waals surface area contributed by atoms with Crippen molar-refractivity contribution < 1.29 is 4.74 Å². The van der Waals surface area contributed by atoms with E-state index >= 15 is 0 Å².